The van der Waals surface area contributed by atoms with Gasteiger partial charge in [0.1, 0.15) is 0 Å². The second-order valence-electron chi connectivity index (χ2n) is 8.08. The van der Waals surface area contributed by atoms with E-state index in [1.165, 1.54) is 0 Å². The molecule has 0 amide bonds. The van der Waals surface area contributed by atoms with Gasteiger partial charge in [-0.1, -0.05) is 60.7 Å². The first-order chi connectivity index (χ1) is 16.5. The van der Waals surface area contributed by atoms with E-state index in [0.29, 0.717) is 11.1 Å². The molecule has 0 bridgehead atoms. The standard InChI is InChI=1S/C27H20F6N2/c28-26(29,30)19-11-13-23(34)21(15-19)25(17-7-3-1-4-8-17,18-9-5-2-6-10-18)22-16-20(27(31,32)33)12-14-24(22)35/h1-16H,34-35H2. The molecule has 0 aliphatic rings. The van der Waals surface area contributed by atoms with Crippen molar-refractivity contribution in [2.45, 2.75) is 17.8 Å². The molecule has 8 heteroatoms. The lowest BCUT2D eigenvalue weighted by Crippen LogP contribution is -2.33. The molecule has 0 unspecified atom stereocenters. The summed E-state index contributed by atoms with van der Waals surface area (Å²) in [4.78, 5) is 0. The predicted octanol–water partition coefficient (Wildman–Crippen LogP) is 7.27. The van der Waals surface area contributed by atoms with E-state index in [0.717, 1.165) is 36.4 Å². The molecule has 0 heterocycles. The molecule has 4 rings (SSSR count). The van der Waals surface area contributed by atoms with Crippen molar-refractivity contribution < 1.29 is 26.3 Å². The van der Waals surface area contributed by atoms with Crippen LogP contribution in [0, 0.1) is 0 Å². The summed E-state index contributed by atoms with van der Waals surface area (Å²) in [5.74, 6) is 0. The van der Waals surface area contributed by atoms with Gasteiger partial charge in [-0.2, -0.15) is 26.3 Å². The van der Waals surface area contributed by atoms with Crippen molar-refractivity contribution in [3.63, 3.8) is 0 Å². The summed E-state index contributed by atoms with van der Waals surface area (Å²) >= 11 is 0. The molecule has 0 aromatic heterocycles. The Kier molecular flexibility index (Phi) is 6.00. The Balaban J connectivity index is 2.24. The number of nitrogens with two attached hydrogens (primary N) is 2. The van der Waals surface area contributed by atoms with Crippen molar-refractivity contribution in [3.8, 4) is 0 Å². The SMILES string of the molecule is Nc1ccc(C(F)(F)F)cc1C(c1ccccc1)(c1ccccc1)c1cc(C(F)(F)F)ccc1N. The number of hydrogen-bond acceptors (Lipinski definition) is 2. The smallest absolute Gasteiger partial charge is 0.398 e. The molecule has 0 aliphatic heterocycles. The molecular formula is C27H20F6N2. The monoisotopic (exact) mass is 486 g/mol. The molecule has 0 radical (unpaired) electrons. The molecule has 180 valence electrons. The fraction of sp³-hybridized carbons (Fsp3) is 0.111. The molecule has 4 aromatic rings. The largest absolute Gasteiger partial charge is 0.416 e. The van der Waals surface area contributed by atoms with Crippen LogP contribution in [-0.4, -0.2) is 0 Å². The minimum atomic E-state index is -4.71. The van der Waals surface area contributed by atoms with Crippen LogP contribution in [0.2, 0.25) is 0 Å². The van der Waals surface area contributed by atoms with Gasteiger partial charge in [0, 0.05) is 11.4 Å². The maximum atomic E-state index is 13.8. The maximum absolute atomic E-state index is 13.8. The molecule has 0 atom stereocenters. The van der Waals surface area contributed by atoms with Crippen molar-refractivity contribution in [1.29, 1.82) is 0 Å². The Labute approximate surface area is 197 Å². The highest BCUT2D eigenvalue weighted by atomic mass is 19.4. The molecule has 0 saturated heterocycles. The van der Waals surface area contributed by atoms with E-state index in [2.05, 4.69) is 0 Å². The van der Waals surface area contributed by atoms with E-state index in [-0.39, 0.29) is 22.5 Å². The molecule has 4 N–H and O–H groups in total. The first-order valence-electron chi connectivity index (χ1n) is 10.5. The van der Waals surface area contributed by atoms with Gasteiger partial charge in [0.15, 0.2) is 0 Å². The summed E-state index contributed by atoms with van der Waals surface area (Å²) < 4.78 is 82.7. The van der Waals surface area contributed by atoms with E-state index in [4.69, 9.17) is 11.5 Å². The van der Waals surface area contributed by atoms with Gasteiger partial charge in [0.2, 0.25) is 0 Å². The Morgan fingerprint density at radius 1 is 0.429 bits per heavy atom. The molecule has 0 saturated carbocycles. The fourth-order valence-electron chi connectivity index (χ4n) is 4.42. The highest BCUT2D eigenvalue weighted by Gasteiger charge is 2.44. The third kappa shape index (κ3) is 4.32. The lowest BCUT2D eigenvalue weighted by molar-refractivity contribution is -0.138. The van der Waals surface area contributed by atoms with Crippen LogP contribution in [0.5, 0.6) is 0 Å². The number of nitrogen functional groups attached to an aromatic ring is 2. The van der Waals surface area contributed by atoms with Gasteiger partial charge in [-0.15, -0.1) is 0 Å². The molecule has 4 aromatic carbocycles. The van der Waals surface area contributed by atoms with E-state index in [1.807, 2.05) is 0 Å². The average Bonchev–Trinajstić information content (AvgIpc) is 2.81. The summed E-state index contributed by atoms with van der Waals surface area (Å²) in [6, 6.07) is 22.2. The van der Waals surface area contributed by atoms with Gasteiger partial charge < -0.3 is 11.5 Å². The average molecular weight is 486 g/mol. The molecule has 2 nitrogen and oxygen atoms in total. The minimum absolute atomic E-state index is 0.0254. The molecular weight excluding hydrogens is 466 g/mol. The van der Waals surface area contributed by atoms with E-state index >= 15 is 0 Å². The van der Waals surface area contributed by atoms with Gasteiger partial charge in [0.25, 0.3) is 0 Å². The highest BCUT2D eigenvalue weighted by Crippen LogP contribution is 2.51. The van der Waals surface area contributed by atoms with Gasteiger partial charge in [-0.3, -0.25) is 0 Å². The van der Waals surface area contributed by atoms with Crippen LogP contribution in [0.3, 0.4) is 0 Å². The van der Waals surface area contributed by atoms with E-state index in [9.17, 15) is 26.3 Å². The van der Waals surface area contributed by atoms with Crippen molar-refractivity contribution in [1.82, 2.24) is 0 Å². The van der Waals surface area contributed by atoms with Crippen LogP contribution in [0.25, 0.3) is 0 Å². The fourth-order valence-corrected chi connectivity index (χ4v) is 4.42. The van der Waals surface area contributed by atoms with Crippen LogP contribution >= 0.6 is 0 Å². The Hall–Kier alpha value is -3.94. The molecule has 35 heavy (non-hydrogen) atoms. The Morgan fingerprint density at radius 3 is 1.09 bits per heavy atom. The van der Waals surface area contributed by atoms with Crippen molar-refractivity contribution in [2.24, 2.45) is 0 Å². The highest BCUT2D eigenvalue weighted by molar-refractivity contribution is 5.72. The number of rotatable bonds is 4. The Morgan fingerprint density at radius 2 is 0.771 bits per heavy atom. The number of halogens is 6. The normalized spacial score (nSPS) is 12.5. The van der Waals surface area contributed by atoms with Crippen LogP contribution in [-0.2, 0) is 17.8 Å². The van der Waals surface area contributed by atoms with Gasteiger partial charge in [-0.05, 0) is 58.7 Å². The zero-order valence-corrected chi connectivity index (χ0v) is 18.2. The van der Waals surface area contributed by atoms with Gasteiger partial charge in [0.05, 0.1) is 16.5 Å². The minimum Gasteiger partial charge on any atom is -0.398 e. The summed E-state index contributed by atoms with van der Waals surface area (Å²) in [6.45, 7) is 0. The van der Waals surface area contributed by atoms with Crippen molar-refractivity contribution in [3.05, 3.63) is 130 Å². The quantitative estimate of drug-likeness (QED) is 0.181. The molecule has 0 aliphatic carbocycles. The van der Waals surface area contributed by atoms with Crippen molar-refractivity contribution >= 4 is 11.4 Å². The maximum Gasteiger partial charge on any atom is 0.416 e. The second kappa shape index (κ2) is 8.69. The predicted molar refractivity (Wildman–Crippen MR) is 124 cm³/mol. The number of benzene rings is 4. The zero-order valence-electron chi connectivity index (χ0n) is 18.2. The van der Waals surface area contributed by atoms with Gasteiger partial charge >= 0.3 is 12.4 Å². The zero-order chi connectivity index (χ0) is 25.4. The molecule has 0 fully saturated rings. The summed E-state index contributed by atoms with van der Waals surface area (Å²) in [6.07, 6.45) is -9.41. The molecule has 0 spiro atoms. The first-order valence-corrected chi connectivity index (χ1v) is 10.5. The van der Waals surface area contributed by atoms with E-state index in [1.54, 1.807) is 60.7 Å². The van der Waals surface area contributed by atoms with Crippen LogP contribution in [0.1, 0.15) is 33.4 Å². The third-order valence-corrected chi connectivity index (χ3v) is 5.98. The summed E-state index contributed by atoms with van der Waals surface area (Å²) in [5, 5.41) is 0. The second-order valence-corrected chi connectivity index (χ2v) is 8.08. The first kappa shape index (κ1) is 24.2. The van der Waals surface area contributed by atoms with Crippen molar-refractivity contribution in [2.75, 3.05) is 11.5 Å². The number of alkyl halides is 6. The summed E-state index contributed by atoms with van der Waals surface area (Å²) in [5.41, 5.74) is 9.60. The number of hydrogen-bond donors (Lipinski definition) is 2. The lowest BCUT2D eigenvalue weighted by Gasteiger charge is -2.39. The van der Waals surface area contributed by atoms with Crippen LogP contribution in [0.4, 0.5) is 37.7 Å². The third-order valence-electron chi connectivity index (χ3n) is 5.98. The summed E-state index contributed by atoms with van der Waals surface area (Å²) in [7, 11) is 0. The van der Waals surface area contributed by atoms with Gasteiger partial charge in [-0.25, -0.2) is 0 Å². The number of anilines is 2. The Bertz CT molecular complexity index is 1220. The topological polar surface area (TPSA) is 52.0 Å². The van der Waals surface area contributed by atoms with E-state index < -0.39 is 28.9 Å². The van der Waals surface area contributed by atoms with Crippen LogP contribution in [0.15, 0.2) is 97.1 Å². The lowest BCUT2D eigenvalue weighted by atomic mass is 9.63. The van der Waals surface area contributed by atoms with Crippen LogP contribution < -0.4 is 11.5 Å².